The second-order valence-corrected chi connectivity index (χ2v) is 6.94. The highest BCUT2D eigenvalue weighted by molar-refractivity contribution is 7.92. The molecule has 0 radical (unpaired) electrons. The van der Waals surface area contributed by atoms with Gasteiger partial charge >= 0.3 is 0 Å². The van der Waals surface area contributed by atoms with Crippen LogP contribution in [0.25, 0.3) is 0 Å². The van der Waals surface area contributed by atoms with Gasteiger partial charge in [-0.2, -0.15) is 0 Å². The second kappa shape index (κ2) is 5.98. The van der Waals surface area contributed by atoms with Crippen molar-refractivity contribution in [3.8, 4) is 0 Å². The predicted molar refractivity (Wildman–Crippen MR) is 83.8 cm³/mol. The van der Waals surface area contributed by atoms with Crippen molar-refractivity contribution in [3.05, 3.63) is 64.7 Å². The Bertz CT molecular complexity index is 819. The van der Waals surface area contributed by atoms with E-state index >= 15 is 0 Å². The molecule has 1 aliphatic rings. The zero-order chi connectivity index (χ0) is 16.4. The quantitative estimate of drug-likeness (QED) is 0.458. The summed E-state index contributed by atoms with van der Waals surface area (Å²) >= 11 is 0. The van der Waals surface area contributed by atoms with Crippen LogP contribution in [0.3, 0.4) is 0 Å². The zero-order valence-corrected chi connectivity index (χ0v) is 12.8. The minimum atomic E-state index is -3.82. The first kappa shape index (κ1) is 15.4. The van der Waals surface area contributed by atoms with Crippen molar-refractivity contribution in [1.82, 2.24) is 0 Å². The van der Waals surface area contributed by atoms with E-state index in [4.69, 9.17) is 4.74 Å². The lowest BCUT2D eigenvalue weighted by molar-refractivity contribution is -0.384. The SMILES string of the molecule is O=[N+]([O-])c1cccc(N(C[C@H]2CO2)S(=O)(=O)c2ccccc2)c1. The predicted octanol–water partition coefficient (Wildman–Crippen LogP) is 2.19. The van der Waals surface area contributed by atoms with Crippen molar-refractivity contribution in [3.63, 3.8) is 0 Å². The van der Waals surface area contributed by atoms with E-state index in [1.54, 1.807) is 18.2 Å². The summed E-state index contributed by atoms with van der Waals surface area (Å²) in [4.78, 5) is 10.5. The first-order chi connectivity index (χ1) is 11.0. The van der Waals surface area contributed by atoms with Crippen LogP contribution in [-0.2, 0) is 14.8 Å². The average Bonchev–Trinajstić information content (AvgIpc) is 3.37. The Morgan fingerprint density at radius 2 is 1.87 bits per heavy atom. The van der Waals surface area contributed by atoms with E-state index in [2.05, 4.69) is 0 Å². The minimum absolute atomic E-state index is 0.123. The summed E-state index contributed by atoms with van der Waals surface area (Å²) in [7, 11) is -3.82. The van der Waals surface area contributed by atoms with E-state index in [1.807, 2.05) is 0 Å². The molecule has 2 aromatic carbocycles. The number of ether oxygens (including phenoxy) is 1. The third kappa shape index (κ3) is 3.33. The van der Waals surface area contributed by atoms with Crippen LogP contribution >= 0.6 is 0 Å². The van der Waals surface area contributed by atoms with E-state index in [0.717, 1.165) is 4.31 Å². The topological polar surface area (TPSA) is 93.1 Å². The number of rotatable bonds is 6. The molecule has 7 nitrogen and oxygen atoms in total. The maximum atomic E-state index is 12.9. The third-order valence-electron chi connectivity index (χ3n) is 3.43. The maximum Gasteiger partial charge on any atom is 0.271 e. The Morgan fingerprint density at radius 1 is 1.17 bits per heavy atom. The Hall–Kier alpha value is -2.45. The molecule has 0 aromatic heterocycles. The van der Waals surface area contributed by atoms with Crippen molar-refractivity contribution in [2.45, 2.75) is 11.0 Å². The summed E-state index contributed by atoms with van der Waals surface area (Å²) in [5.74, 6) is 0. The number of benzene rings is 2. The van der Waals surface area contributed by atoms with Gasteiger partial charge in [0.05, 0.1) is 34.8 Å². The molecule has 0 amide bonds. The van der Waals surface area contributed by atoms with E-state index < -0.39 is 14.9 Å². The normalized spacial score (nSPS) is 16.8. The molecule has 1 saturated heterocycles. The molecule has 1 heterocycles. The highest BCUT2D eigenvalue weighted by Gasteiger charge is 2.33. The lowest BCUT2D eigenvalue weighted by Gasteiger charge is -2.23. The van der Waals surface area contributed by atoms with Gasteiger partial charge in [-0.1, -0.05) is 24.3 Å². The molecule has 1 fully saturated rings. The highest BCUT2D eigenvalue weighted by Crippen LogP contribution is 2.28. The van der Waals surface area contributed by atoms with Crippen molar-refractivity contribution < 1.29 is 18.1 Å². The molecule has 0 bridgehead atoms. The largest absolute Gasteiger partial charge is 0.371 e. The molecule has 0 unspecified atom stereocenters. The van der Waals surface area contributed by atoms with Gasteiger partial charge in [0.2, 0.25) is 0 Å². The number of nitro benzene ring substituents is 1. The summed E-state index contributed by atoms with van der Waals surface area (Å²) in [6.07, 6.45) is -0.187. The van der Waals surface area contributed by atoms with Gasteiger partial charge in [-0.05, 0) is 18.2 Å². The van der Waals surface area contributed by atoms with Gasteiger partial charge in [-0.15, -0.1) is 0 Å². The van der Waals surface area contributed by atoms with Crippen molar-refractivity contribution in [2.24, 2.45) is 0 Å². The number of sulfonamides is 1. The van der Waals surface area contributed by atoms with Crippen molar-refractivity contribution in [2.75, 3.05) is 17.5 Å². The number of anilines is 1. The van der Waals surface area contributed by atoms with Gasteiger partial charge in [0.1, 0.15) is 0 Å². The van der Waals surface area contributed by atoms with E-state index in [0.29, 0.717) is 6.61 Å². The fourth-order valence-electron chi connectivity index (χ4n) is 2.18. The van der Waals surface area contributed by atoms with Gasteiger partial charge in [0.25, 0.3) is 15.7 Å². The van der Waals surface area contributed by atoms with Crippen LogP contribution in [0, 0.1) is 10.1 Å². The number of nitro groups is 1. The monoisotopic (exact) mass is 334 g/mol. The van der Waals surface area contributed by atoms with E-state index in [9.17, 15) is 18.5 Å². The molecule has 0 aliphatic carbocycles. The van der Waals surface area contributed by atoms with Crippen LogP contribution in [-0.4, -0.2) is 32.6 Å². The molecule has 8 heteroatoms. The number of epoxide rings is 1. The molecule has 120 valence electrons. The smallest absolute Gasteiger partial charge is 0.271 e. The molecule has 3 rings (SSSR count). The van der Waals surface area contributed by atoms with E-state index in [-0.39, 0.29) is 28.9 Å². The summed E-state index contributed by atoms with van der Waals surface area (Å²) in [6.45, 7) is 0.605. The molecule has 0 N–H and O–H groups in total. The number of hydrogen-bond donors (Lipinski definition) is 0. The molecule has 23 heavy (non-hydrogen) atoms. The van der Waals surface area contributed by atoms with Crippen LogP contribution in [0.2, 0.25) is 0 Å². The number of nitrogens with zero attached hydrogens (tertiary/aromatic N) is 2. The van der Waals surface area contributed by atoms with Gasteiger partial charge in [-0.25, -0.2) is 8.42 Å². The Kier molecular flexibility index (Phi) is 4.01. The van der Waals surface area contributed by atoms with Gasteiger partial charge < -0.3 is 4.74 Å². The van der Waals surface area contributed by atoms with Crippen LogP contribution in [0.4, 0.5) is 11.4 Å². The van der Waals surface area contributed by atoms with Crippen LogP contribution < -0.4 is 4.31 Å². The first-order valence-electron chi connectivity index (χ1n) is 6.92. The highest BCUT2D eigenvalue weighted by atomic mass is 32.2. The maximum absolute atomic E-state index is 12.9. The minimum Gasteiger partial charge on any atom is -0.371 e. The van der Waals surface area contributed by atoms with Crippen molar-refractivity contribution >= 4 is 21.4 Å². The molecule has 0 saturated carbocycles. The molecule has 1 aliphatic heterocycles. The summed E-state index contributed by atoms with van der Waals surface area (Å²) in [6, 6.07) is 13.6. The Morgan fingerprint density at radius 3 is 2.48 bits per heavy atom. The Balaban J connectivity index is 2.04. The molecular formula is C15H14N2O5S. The molecule has 2 aromatic rings. The molecule has 1 atom stereocenters. The van der Waals surface area contributed by atoms with Crippen LogP contribution in [0.1, 0.15) is 0 Å². The zero-order valence-electron chi connectivity index (χ0n) is 12.0. The standard InChI is InChI=1S/C15H14N2O5S/c18-17(19)13-6-4-5-12(9-13)16(10-14-11-22-14)23(20,21)15-7-2-1-3-8-15/h1-9,14H,10-11H2/t14-/m0/s1. The Labute approximate surface area is 133 Å². The van der Waals surface area contributed by atoms with Crippen LogP contribution in [0.15, 0.2) is 59.5 Å². The lowest BCUT2D eigenvalue weighted by Crippen LogP contribution is -2.34. The summed E-state index contributed by atoms with van der Waals surface area (Å²) < 4.78 is 32.0. The molecule has 0 spiro atoms. The fraction of sp³-hybridized carbons (Fsp3) is 0.200. The van der Waals surface area contributed by atoms with Crippen LogP contribution in [0.5, 0.6) is 0 Å². The summed E-state index contributed by atoms with van der Waals surface area (Å²) in [5, 5.41) is 10.9. The van der Waals surface area contributed by atoms with Crippen molar-refractivity contribution in [1.29, 1.82) is 0 Å². The molecular weight excluding hydrogens is 320 g/mol. The third-order valence-corrected chi connectivity index (χ3v) is 5.24. The van der Waals surface area contributed by atoms with Gasteiger partial charge in [-0.3, -0.25) is 14.4 Å². The second-order valence-electron chi connectivity index (χ2n) is 5.08. The summed E-state index contributed by atoms with van der Waals surface area (Å²) in [5.41, 5.74) is 0.0889. The number of non-ortho nitro benzene ring substituents is 1. The van der Waals surface area contributed by atoms with Gasteiger partial charge in [0.15, 0.2) is 0 Å². The number of hydrogen-bond acceptors (Lipinski definition) is 5. The lowest BCUT2D eigenvalue weighted by atomic mass is 10.3. The van der Waals surface area contributed by atoms with Gasteiger partial charge in [0, 0.05) is 12.1 Å². The van der Waals surface area contributed by atoms with E-state index in [1.165, 1.54) is 36.4 Å². The first-order valence-corrected chi connectivity index (χ1v) is 8.36. The average molecular weight is 334 g/mol. The fourth-order valence-corrected chi connectivity index (χ4v) is 3.69.